The predicted molar refractivity (Wildman–Crippen MR) is 95.6 cm³/mol. The van der Waals surface area contributed by atoms with Crippen molar-refractivity contribution >= 4 is 11.5 Å². The van der Waals surface area contributed by atoms with Crippen LogP contribution in [0.25, 0.3) is 5.70 Å². The van der Waals surface area contributed by atoms with Gasteiger partial charge in [-0.05, 0) is 38.3 Å². The molecule has 0 aromatic carbocycles. The van der Waals surface area contributed by atoms with Crippen molar-refractivity contribution in [3.63, 3.8) is 0 Å². The van der Waals surface area contributed by atoms with Crippen LogP contribution in [0.3, 0.4) is 0 Å². The van der Waals surface area contributed by atoms with Crippen LogP contribution in [-0.4, -0.2) is 46.6 Å². The first kappa shape index (κ1) is 17.7. The van der Waals surface area contributed by atoms with E-state index < -0.39 is 6.10 Å². The molecule has 1 aliphatic carbocycles. The highest BCUT2D eigenvalue weighted by Crippen LogP contribution is 2.36. The van der Waals surface area contributed by atoms with Crippen LogP contribution in [0.2, 0.25) is 0 Å². The number of carbonyl (C=O) groups is 1. The Morgan fingerprint density at radius 1 is 1.44 bits per heavy atom. The number of carbonyl (C=O) groups excluding carboxylic acids is 1. The highest BCUT2D eigenvalue weighted by Gasteiger charge is 2.35. The highest BCUT2D eigenvalue weighted by atomic mass is 16.5. The number of rotatable bonds is 3. The normalized spacial score (nSPS) is 20.9. The topological polar surface area (TPSA) is 62.7 Å². The van der Waals surface area contributed by atoms with Crippen molar-refractivity contribution in [2.24, 2.45) is 0 Å². The first-order valence-electron chi connectivity index (χ1n) is 8.60. The fraction of sp³-hybridized carbons (Fsp3) is 0.500. The van der Waals surface area contributed by atoms with Crippen molar-refractivity contribution in [3.05, 3.63) is 34.7 Å². The average molecular weight is 340 g/mol. The van der Waals surface area contributed by atoms with Gasteiger partial charge in [0.25, 0.3) is 0 Å². The number of aliphatic hydroxyl groups excluding tert-OH is 1. The van der Waals surface area contributed by atoms with E-state index in [9.17, 15) is 9.90 Å². The number of Topliss-reactive ketones (excluding diaryl/α,β-unsaturated/α-hetero) is 1. The smallest absolute Gasteiger partial charge is 0.177 e. The predicted octanol–water partition coefficient (Wildman–Crippen LogP) is 2.11. The second-order valence-corrected chi connectivity index (χ2v) is 7.05. The van der Waals surface area contributed by atoms with E-state index in [0.29, 0.717) is 11.3 Å². The first-order chi connectivity index (χ1) is 11.9. The van der Waals surface area contributed by atoms with Crippen molar-refractivity contribution in [3.8, 4) is 12.3 Å². The van der Waals surface area contributed by atoms with Crippen LogP contribution in [0.5, 0.6) is 0 Å². The molecule has 2 aliphatic rings. The van der Waals surface area contributed by atoms with Gasteiger partial charge in [-0.15, -0.1) is 6.42 Å². The number of aliphatic hydroxyl groups is 1. The number of nitrogens with zero attached hydrogens (tertiary/aromatic N) is 2. The molecule has 3 rings (SSSR count). The number of aromatic nitrogens is 1. The SMILES string of the molecule is C#CC1=C(N2CCC(C)(OC)CC2)c2cc(C(C)O)ncc2CC1=O. The lowest BCUT2D eigenvalue weighted by Crippen LogP contribution is -2.43. The third-order valence-electron chi connectivity index (χ3n) is 5.33. The Hall–Kier alpha value is -2.16. The van der Waals surface area contributed by atoms with Crippen LogP contribution in [0.15, 0.2) is 17.8 Å². The molecule has 0 saturated carbocycles. The number of hydrogen-bond donors (Lipinski definition) is 1. The number of hydrogen-bond acceptors (Lipinski definition) is 5. The maximum absolute atomic E-state index is 12.5. The van der Waals surface area contributed by atoms with Crippen LogP contribution < -0.4 is 0 Å². The Balaban J connectivity index is 2.05. The van der Waals surface area contributed by atoms with Gasteiger partial charge >= 0.3 is 0 Å². The molecule has 0 spiro atoms. The van der Waals surface area contributed by atoms with Crippen LogP contribution in [-0.2, 0) is 16.0 Å². The van der Waals surface area contributed by atoms with Gasteiger partial charge in [-0.3, -0.25) is 9.78 Å². The Bertz CT molecular complexity index is 766. The molecule has 1 unspecified atom stereocenters. The number of terminal acetylenes is 1. The van der Waals surface area contributed by atoms with E-state index in [0.717, 1.165) is 42.8 Å². The number of likely N-dealkylation sites (tertiary alicyclic amines) is 1. The summed E-state index contributed by atoms with van der Waals surface area (Å²) in [5.74, 6) is 2.55. The highest BCUT2D eigenvalue weighted by molar-refractivity contribution is 6.10. The Kier molecular flexibility index (Phi) is 4.68. The van der Waals surface area contributed by atoms with E-state index in [-0.39, 0.29) is 17.8 Å². The second-order valence-electron chi connectivity index (χ2n) is 7.05. The molecule has 1 aliphatic heterocycles. The van der Waals surface area contributed by atoms with E-state index in [1.807, 2.05) is 6.07 Å². The lowest BCUT2D eigenvalue weighted by atomic mass is 9.86. The summed E-state index contributed by atoms with van der Waals surface area (Å²) in [6.45, 7) is 5.32. The molecule has 0 radical (unpaired) electrons. The summed E-state index contributed by atoms with van der Waals surface area (Å²) in [7, 11) is 1.74. The van der Waals surface area contributed by atoms with Gasteiger partial charge in [-0.25, -0.2) is 0 Å². The molecule has 5 heteroatoms. The molecule has 1 fully saturated rings. The largest absolute Gasteiger partial charge is 0.387 e. The van der Waals surface area contributed by atoms with E-state index in [1.54, 1.807) is 20.2 Å². The minimum absolute atomic E-state index is 0.0447. The zero-order valence-corrected chi connectivity index (χ0v) is 15.0. The maximum Gasteiger partial charge on any atom is 0.177 e. The standard InChI is InChI=1S/C20H24N2O3/c1-5-15-18(24)10-14-12-21-17(13(2)23)11-16(14)19(15)22-8-6-20(3,25-4)7-9-22/h1,11-13,23H,6-10H2,2-4H3. The minimum atomic E-state index is -0.670. The third-order valence-corrected chi connectivity index (χ3v) is 5.33. The van der Waals surface area contributed by atoms with Gasteiger partial charge in [-0.2, -0.15) is 0 Å². The van der Waals surface area contributed by atoms with Gasteiger partial charge in [0.1, 0.15) is 0 Å². The van der Waals surface area contributed by atoms with Crippen molar-refractivity contribution in [2.75, 3.05) is 20.2 Å². The minimum Gasteiger partial charge on any atom is -0.387 e. The number of pyridine rings is 1. The van der Waals surface area contributed by atoms with Crippen LogP contribution in [0.1, 0.15) is 49.6 Å². The molecule has 0 amide bonds. The van der Waals surface area contributed by atoms with Gasteiger partial charge in [0.2, 0.25) is 0 Å². The lowest BCUT2D eigenvalue weighted by Gasteiger charge is -2.41. The van der Waals surface area contributed by atoms with Crippen molar-refractivity contribution in [1.29, 1.82) is 0 Å². The van der Waals surface area contributed by atoms with Crippen molar-refractivity contribution < 1.29 is 14.6 Å². The average Bonchev–Trinajstić information content (AvgIpc) is 2.61. The number of methoxy groups -OCH3 is 1. The summed E-state index contributed by atoms with van der Waals surface area (Å²) < 4.78 is 5.62. The Labute approximate surface area is 148 Å². The molecule has 25 heavy (non-hydrogen) atoms. The number of piperidine rings is 1. The van der Waals surface area contributed by atoms with Crippen LogP contribution >= 0.6 is 0 Å². The number of fused-ring (bicyclic) bond motifs is 1. The number of ketones is 1. The summed E-state index contributed by atoms with van der Waals surface area (Å²) in [5.41, 5.74) is 3.45. The number of allylic oxidation sites excluding steroid dienone is 1. The Morgan fingerprint density at radius 2 is 2.12 bits per heavy atom. The maximum atomic E-state index is 12.5. The van der Waals surface area contributed by atoms with Gasteiger partial charge in [0.05, 0.1) is 28.7 Å². The lowest BCUT2D eigenvalue weighted by molar-refractivity contribution is -0.114. The summed E-state index contributed by atoms with van der Waals surface area (Å²) >= 11 is 0. The molecular weight excluding hydrogens is 316 g/mol. The molecule has 5 nitrogen and oxygen atoms in total. The molecule has 2 heterocycles. The monoisotopic (exact) mass is 340 g/mol. The van der Waals surface area contributed by atoms with Gasteiger partial charge in [-0.1, -0.05) is 5.92 Å². The summed E-state index contributed by atoms with van der Waals surface area (Å²) in [4.78, 5) is 19.0. The van der Waals surface area contributed by atoms with E-state index in [1.165, 1.54) is 0 Å². The molecular formula is C20H24N2O3. The van der Waals surface area contributed by atoms with Gasteiger partial charge in [0.15, 0.2) is 5.78 Å². The summed E-state index contributed by atoms with van der Waals surface area (Å²) in [6, 6.07) is 1.86. The molecule has 1 aromatic heterocycles. The second kappa shape index (κ2) is 6.62. The van der Waals surface area contributed by atoms with Crippen molar-refractivity contribution in [2.45, 2.75) is 44.8 Å². The molecule has 1 saturated heterocycles. The van der Waals surface area contributed by atoms with E-state index >= 15 is 0 Å². The fourth-order valence-corrected chi connectivity index (χ4v) is 3.50. The molecule has 0 bridgehead atoms. The summed E-state index contributed by atoms with van der Waals surface area (Å²) in [6.07, 6.45) is 8.68. The van der Waals surface area contributed by atoms with Gasteiger partial charge in [0, 0.05) is 38.4 Å². The third kappa shape index (κ3) is 3.20. The van der Waals surface area contributed by atoms with Crippen LogP contribution in [0.4, 0.5) is 0 Å². The van der Waals surface area contributed by atoms with Gasteiger partial charge < -0.3 is 14.7 Å². The zero-order valence-electron chi connectivity index (χ0n) is 15.0. The van der Waals surface area contributed by atoms with E-state index in [4.69, 9.17) is 11.2 Å². The zero-order chi connectivity index (χ0) is 18.2. The van der Waals surface area contributed by atoms with E-state index in [2.05, 4.69) is 22.7 Å². The summed E-state index contributed by atoms with van der Waals surface area (Å²) in [5, 5.41) is 9.88. The molecule has 1 N–H and O–H groups in total. The molecule has 1 atom stereocenters. The van der Waals surface area contributed by atoms with Crippen LogP contribution in [0, 0.1) is 12.3 Å². The number of ether oxygens (including phenoxy) is 1. The molecule has 132 valence electrons. The first-order valence-corrected chi connectivity index (χ1v) is 8.60. The molecule has 1 aromatic rings. The van der Waals surface area contributed by atoms with Crippen molar-refractivity contribution in [1.82, 2.24) is 9.88 Å². The Morgan fingerprint density at radius 3 is 2.68 bits per heavy atom. The quantitative estimate of drug-likeness (QED) is 0.854. The fourth-order valence-electron chi connectivity index (χ4n) is 3.50.